The van der Waals surface area contributed by atoms with E-state index in [4.69, 9.17) is 5.11 Å². The van der Waals surface area contributed by atoms with Crippen molar-refractivity contribution in [2.24, 2.45) is 0 Å². The molecule has 0 aliphatic carbocycles. The molecule has 92 valence electrons. The van der Waals surface area contributed by atoms with Crippen molar-refractivity contribution in [1.82, 2.24) is 4.98 Å². The Hall–Kier alpha value is -1.95. The number of nitrogens with one attached hydrogen (secondary N) is 1. The van der Waals surface area contributed by atoms with Crippen LogP contribution in [0.1, 0.15) is 10.5 Å². The Bertz CT molecular complexity index is 587. The number of halogens is 2. The lowest BCUT2D eigenvalue weighted by Gasteiger charge is -2.06. The van der Waals surface area contributed by atoms with E-state index in [-0.39, 0.29) is 11.5 Å². The summed E-state index contributed by atoms with van der Waals surface area (Å²) >= 11 is 3.08. The number of carboxylic acid groups (broad SMARTS) is 1. The standard InChI is InChI=1S/C12H8BrFN2O2/c13-9-5-7(1-3-10(9)14)16-8-2-4-11(12(17)18)15-6-8/h1-6,16H,(H,17,18). The molecule has 18 heavy (non-hydrogen) atoms. The number of aromatic carboxylic acids is 1. The molecule has 2 rings (SSSR count). The number of pyridine rings is 1. The lowest BCUT2D eigenvalue weighted by atomic mass is 10.3. The summed E-state index contributed by atoms with van der Waals surface area (Å²) in [5, 5.41) is 11.7. The molecule has 6 heteroatoms. The molecule has 0 bridgehead atoms. The van der Waals surface area contributed by atoms with Crippen LogP contribution in [0.4, 0.5) is 15.8 Å². The molecule has 0 saturated carbocycles. The van der Waals surface area contributed by atoms with Crippen LogP contribution >= 0.6 is 15.9 Å². The molecule has 0 aliphatic heterocycles. The van der Waals surface area contributed by atoms with Gasteiger partial charge in [-0.25, -0.2) is 14.2 Å². The van der Waals surface area contributed by atoms with Crippen molar-refractivity contribution in [3.63, 3.8) is 0 Å². The van der Waals surface area contributed by atoms with Gasteiger partial charge in [-0.3, -0.25) is 0 Å². The third-order valence-electron chi connectivity index (χ3n) is 2.19. The molecule has 0 spiro atoms. The maximum absolute atomic E-state index is 13.0. The lowest BCUT2D eigenvalue weighted by molar-refractivity contribution is 0.0690. The summed E-state index contributed by atoms with van der Waals surface area (Å²) in [6.45, 7) is 0. The van der Waals surface area contributed by atoms with Crippen LogP contribution in [0, 0.1) is 5.82 Å². The second kappa shape index (κ2) is 5.14. The van der Waals surface area contributed by atoms with Crippen molar-refractivity contribution < 1.29 is 14.3 Å². The Morgan fingerprint density at radius 2 is 2.00 bits per heavy atom. The highest BCUT2D eigenvalue weighted by Crippen LogP contribution is 2.22. The highest BCUT2D eigenvalue weighted by Gasteiger charge is 2.04. The molecule has 0 saturated heterocycles. The number of aromatic nitrogens is 1. The summed E-state index contributed by atoms with van der Waals surface area (Å²) in [4.78, 5) is 14.4. The first-order chi connectivity index (χ1) is 8.56. The predicted molar refractivity (Wildman–Crippen MR) is 68.6 cm³/mol. The summed E-state index contributed by atoms with van der Waals surface area (Å²) in [6.07, 6.45) is 1.40. The maximum atomic E-state index is 13.0. The van der Waals surface area contributed by atoms with Gasteiger partial charge < -0.3 is 10.4 Å². The molecular weight excluding hydrogens is 303 g/mol. The fraction of sp³-hybridized carbons (Fsp3) is 0. The monoisotopic (exact) mass is 310 g/mol. The number of benzene rings is 1. The van der Waals surface area contributed by atoms with Crippen LogP contribution in [0.5, 0.6) is 0 Å². The van der Waals surface area contributed by atoms with Crippen LogP contribution in [0.3, 0.4) is 0 Å². The Morgan fingerprint density at radius 3 is 2.56 bits per heavy atom. The largest absolute Gasteiger partial charge is 0.477 e. The van der Waals surface area contributed by atoms with Crippen molar-refractivity contribution in [3.8, 4) is 0 Å². The summed E-state index contributed by atoms with van der Waals surface area (Å²) in [7, 11) is 0. The normalized spacial score (nSPS) is 10.1. The van der Waals surface area contributed by atoms with Gasteiger partial charge in [0.2, 0.25) is 0 Å². The first-order valence-electron chi connectivity index (χ1n) is 4.97. The quantitative estimate of drug-likeness (QED) is 0.911. The fourth-order valence-corrected chi connectivity index (χ4v) is 1.71. The van der Waals surface area contributed by atoms with Gasteiger partial charge in [0.1, 0.15) is 11.5 Å². The van der Waals surface area contributed by atoms with Crippen LogP contribution in [0.2, 0.25) is 0 Å². The summed E-state index contributed by atoms with van der Waals surface area (Å²) < 4.78 is 13.4. The first-order valence-corrected chi connectivity index (χ1v) is 5.77. The van der Waals surface area contributed by atoms with Crippen molar-refractivity contribution in [1.29, 1.82) is 0 Å². The second-order valence-electron chi connectivity index (χ2n) is 3.49. The molecule has 2 N–H and O–H groups in total. The number of carboxylic acids is 1. The van der Waals surface area contributed by atoms with Gasteiger partial charge in [-0.2, -0.15) is 0 Å². The Morgan fingerprint density at radius 1 is 1.28 bits per heavy atom. The average molecular weight is 311 g/mol. The molecular formula is C12H8BrFN2O2. The average Bonchev–Trinajstić information content (AvgIpc) is 2.34. The van der Waals surface area contributed by atoms with Crippen molar-refractivity contribution in [2.75, 3.05) is 5.32 Å². The number of hydrogen-bond donors (Lipinski definition) is 2. The van der Waals surface area contributed by atoms with Gasteiger partial charge in [0.25, 0.3) is 0 Å². The smallest absolute Gasteiger partial charge is 0.354 e. The van der Waals surface area contributed by atoms with Crippen molar-refractivity contribution in [3.05, 3.63) is 52.5 Å². The molecule has 0 radical (unpaired) electrons. The van der Waals surface area contributed by atoms with Gasteiger partial charge in [-0.05, 0) is 46.3 Å². The van der Waals surface area contributed by atoms with E-state index in [0.29, 0.717) is 15.8 Å². The molecule has 4 nitrogen and oxygen atoms in total. The van der Waals surface area contributed by atoms with Crippen LogP contribution in [-0.2, 0) is 0 Å². The Labute approximate surface area is 111 Å². The first kappa shape index (κ1) is 12.5. The van der Waals surface area contributed by atoms with E-state index in [0.717, 1.165) is 0 Å². The molecule has 2 aromatic rings. The van der Waals surface area contributed by atoms with Gasteiger partial charge in [0, 0.05) is 5.69 Å². The van der Waals surface area contributed by atoms with E-state index >= 15 is 0 Å². The minimum atomic E-state index is -1.08. The molecule has 0 amide bonds. The zero-order chi connectivity index (χ0) is 13.1. The topological polar surface area (TPSA) is 62.2 Å². The third-order valence-corrected chi connectivity index (χ3v) is 2.80. The molecule has 1 aromatic carbocycles. The zero-order valence-electron chi connectivity index (χ0n) is 9.02. The summed E-state index contributed by atoms with van der Waals surface area (Å²) in [6, 6.07) is 7.47. The van der Waals surface area contributed by atoms with Crippen LogP contribution < -0.4 is 5.32 Å². The molecule has 1 aromatic heterocycles. The minimum absolute atomic E-state index is 0.0270. The summed E-state index contributed by atoms with van der Waals surface area (Å²) in [5.74, 6) is -1.43. The molecule has 0 fully saturated rings. The van der Waals surface area contributed by atoms with Gasteiger partial charge in [0.05, 0.1) is 16.4 Å². The summed E-state index contributed by atoms with van der Waals surface area (Å²) in [5.41, 5.74) is 1.27. The van der Waals surface area contributed by atoms with Gasteiger partial charge >= 0.3 is 5.97 Å². The molecule has 0 atom stereocenters. The van der Waals surface area contributed by atoms with E-state index in [1.54, 1.807) is 18.2 Å². The van der Waals surface area contributed by atoms with Crippen LogP contribution in [-0.4, -0.2) is 16.1 Å². The SMILES string of the molecule is O=C(O)c1ccc(Nc2ccc(F)c(Br)c2)cn1. The molecule has 0 aliphatic rings. The Kier molecular flexibility index (Phi) is 3.57. The number of nitrogens with zero attached hydrogens (tertiary/aromatic N) is 1. The predicted octanol–water partition coefficient (Wildman–Crippen LogP) is 3.43. The number of hydrogen-bond acceptors (Lipinski definition) is 3. The molecule has 1 heterocycles. The lowest BCUT2D eigenvalue weighted by Crippen LogP contribution is -2.00. The number of carbonyl (C=O) groups is 1. The van der Waals surface area contributed by atoms with Gasteiger partial charge in [-0.15, -0.1) is 0 Å². The minimum Gasteiger partial charge on any atom is -0.477 e. The third kappa shape index (κ3) is 2.84. The van der Waals surface area contributed by atoms with Crippen molar-refractivity contribution in [2.45, 2.75) is 0 Å². The van der Waals surface area contributed by atoms with Crippen LogP contribution in [0.15, 0.2) is 41.0 Å². The molecule has 0 unspecified atom stereocenters. The second-order valence-corrected chi connectivity index (χ2v) is 4.35. The fourth-order valence-electron chi connectivity index (χ4n) is 1.33. The highest BCUT2D eigenvalue weighted by molar-refractivity contribution is 9.10. The van der Waals surface area contributed by atoms with Gasteiger partial charge in [-0.1, -0.05) is 0 Å². The van der Waals surface area contributed by atoms with E-state index in [2.05, 4.69) is 26.2 Å². The van der Waals surface area contributed by atoms with E-state index in [9.17, 15) is 9.18 Å². The van der Waals surface area contributed by atoms with E-state index in [1.165, 1.54) is 18.3 Å². The number of rotatable bonds is 3. The maximum Gasteiger partial charge on any atom is 0.354 e. The van der Waals surface area contributed by atoms with Crippen LogP contribution in [0.25, 0.3) is 0 Å². The Balaban J connectivity index is 2.18. The van der Waals surface area contributed by atoms with E-state index in [1.807, 2.05) is 0 Å². The highest BCUT2D eigenvalue weighted by atomic mass is 79.9. The van der Waals surface area contributed by atoms with Gasteiger partial charge in [0.15, 0.2) is 0 Å². The van der Waals surface area contributed by atoms with E-state index < -0.39 is 5.97 Å². The van der Waals surface area contributed by atoms with Crippen molar-refractivity contribution >= 4 is 33.3 Å². The number of anilines is 2. The zero-order valence-corrected chi connectivity index (χ0v) is 10.6.